The van der Waals surface area contributed by atoms with Crippen LogP contribution in [0.3, 0.4) is 0 Å². The van der Waals surface area contributed by atoms with Crippen molar-refractivity contribution in [2.75, 3.05) is 5.73 Å². The third-order valence-corrected chi connectivity index (χ3v) is 3.62. The number of nitrogens with two attached hydrogens (primary N) is 1. The van der Waals surface area contributed by atoms with Gasteiger partial charge in [-0.15, -0.1) is 11.8 Å². The molecule has 19 heavy (non-hydrogen) atoms. The smallest absolute Gasteiger partial charge is 0.260 e. The maximum Gasteiger partial charge on any atom is 0.260 e. The SMILES string of the molecule is CC(C)(C)SCc1noc(-c2cc(F)ccc2N)n1. The minimum absolute atomic E-state index is 0.124. The first kappa shape index (κ1) is 13.9. The maximum absolute atomic E-state index is 13.2. The molecule has 0 fully saturated rings. The van der Waals surface area contributed by atoms with Crippen LogP contribution in [0.2, 0.25) is 0 Å². The number of aromatic nitrogens is 2. The zero-order valence-electron chi connectivity index (χ0n) is 11.1. The number of benzene rings is 1. The van der Waals surface area contributed by atoms with E-state index in [1.807, 2.05) is 0 Å². The first-order valence-corrected chi connectivity index (χ1v) is 6.86. The molecule has 4 nitrogen and oxygen atoms in total. The Bertz CT molecular complexity index is 578. The summed E-state index contributed by atoms with van der Waals surface area (Å²) in [6.07, 6.45) is 0. The van der Waals surface area contributed by atoms with E-state index in [-0.39, 0.29) is 16.5 Å². The molecule has 0 aliphatic carbocycles. The fourth-order valence-electron chi connectivity index (χ4n) is 1.42. The molecule has 6 heteroatoms. The van der Waals surface area contributed by atoms with E-state index in [2.05, 4.69) is 30.9 Å². The lowest BCUT2D eigenvalue weighted by atomic mass is 10.2. The van der Waals surface area contributed by atoms with Gasteiger partial charge in [0.05, 0.1) is 11.3 Å². The van der Waals surface area contributed by atoms with Gasteiger partial charge in [0.1, 0.15) is 5.82 Å². The molecular formula is C13H16FN3OS. The molecule has 1 heterocycles. The van der Waals surface area contributed by atoms with E-state index in [4.69, 9.17) is 10.3 Å². The standard InChI is InChI=1S/C13H16FN3OS/c1-13(2,3)19-7-11-16-12(18-17-11)9-6-8(14)4-5-10(9)15/h4-6H,7,15H2,1-3H3. The molecule has 102 valence electrons. The average Bonchev–Trinajstić information content (AvgIpc) is 2.77. The lowest BCUT2D eigenvalue weighted by Crippen LogP contribution is -2.07. The Balaban J connectivity index is 2.19. The molecule has 0 aliphatic heterocycles. The van der Waals surface area contributed by atoms with Crippen molar-refractivity contribution in [3.8, 4) is 11.5 Å². The van der Waals surface area contributed by atoms with Gasteiger partial charge in [-0.2, -0.15) is 4.98 Å². The van der Waals surface area contributed by atoms with Gasteiger partial charge in [0, 0.05) is 10.4 Å². The molecule has 0 atom stereocenters. The minimum Gasteiger partial charge on any atom is -0.398 e. The topological polar surface area (TPSA) is 64.9 Å². The molecule has 1 aromatic heterocycles. The highest BCUT2D eigenvalue weighted by molar-refractivity contribution is 7.99. The van der Waals surface area contributed by atoms with Crippen LogP contribution in [0.15, 0.2) is 22.7 Å². The number of nitrogens with zero attached hydrogens (tertiary/aromatic N) is 2. The van der Waals surface area contributed by atoms with Gasteiger partial charge in [0.25, 0.3) is 5.89 Å². The Morgan fingerprint density at radius 3 is 2.79 bits per heavy atom. The molecule has 1 aromatic carbocycles. The first-order valence-electron chi connectivity index (χ1n) is 5.87. The molecule has 2 N–H and O–H groups in total. The van der Waals surface area contributed by atoms with Crippen LogP contribution in [-0.4, -0.2) is 14.9 Å². The normalized spacial score (nSPS) is 11.8. The molecular weight excluding hydrogens is 265 g/mol. The van der Waals surface area contributed by atoms with E-state index in [1.165, 1.54) is 18.2 Å². The molecule has 0 aliphatic rings. The summed E-state index contributed by atoms with van der Waals surface area (Å²) >= 11 is 1.71. The van der Waals surface area contributed by atoms with E-state index >= 15 is 0 Å². The van der Waals surface area contributed by atoms with Crippen LogP contribution in [0.4, 0.5) is 10.1 Å². The summed E-state index contributed by atoms with van der Waals surface area (Å²) < 4.78 is 18.4. The van der Waals surface area contributed by atoms with Crippen LogP contribution in [0.25, 0.3) is 11.5 Å². The first-order chi connectivity index (χ1) is 8.85. The second-order valence-electron chi connectivity index (χ2n) is 5.15. The van der Waals surface area contributed by atoms with Crippen LogP contribution >= 0.6 is 11.8 Å². The van der Waals surface area contributed by atoms with Gasteiger partial charge in [0.15, 0.2) is 5.82 Å². The molecule has 0 radical (unpaired) electrons. The number of anilines is 1. The Morgan fingerprint density at radius 1 is 1.37 bits per heavy atom. The fraction of sp³-hybridized carbons (Fsp3) is 0.385. The van der Waals surface area contributed by atoms with Crippen molar-refractivity contribution in [2.24, 2.45) is 0 Å². The molecule has 2 aromatic rings. The van der Waals surface area contributed by atoms with Crippen LogP contribution in [0, 0.1) is 5.82 Å². The summed E-state index contributed by atoms with van der Waals surface area (Å²) in [6.45, 7) is 6.34. The van der Waals surface area contributed by atoms with Crippen LogP contribution < -0.4 is 5.73 Å². The average molecular weight is 281 g/mol. The Labute approximate surface area is 115 Å². The number of halogens is 1. The Kier molecular flexibility index (Phi) is 3.80. The third-order valence-electron chi connectivity index (χ3n) is 2.35. The Hall–Kier alpha value is -1.56. The highest BCUT2D eigenvalue weighted by atomic mass is 32.2. The highest BCUT2D eigenvalue weighted by Gasteiger charge is 2.16. The monoisotopic (exact) mass is 281 g/mol. The van der Waals surface area contributed by atoms with Crippen molar-refractivity contribution in [3.05, 3.63) is 29.8 Å². The summed E-state index contributed by atoms with van der Waals surface area (Å²) in [5.74, 6) is 1.09. The molecule has 0 bridgehead atoms. The van der Waals surface area contributed by atoms with Gasteiger partial charge in [-0.05, 0) is 18.2 Å². The number of hydrogen-bond acceptors (Lipinski definition) is 5. The predicted molar refractivity (Wildman–Crippen MR) is 75.2 cm³/mol. The van der Waals surface area contributed by atoms with Crippen LogP contribution in [0.1, 0.15) is 26.6 Å². The Morgan fingerprint density at radius 2 is 2.11 bits per heavy atom. The van der Waals surface area contributed by atoms with Crippen molar-refractivity contribution >= 4 is 17.4 Å². The van der Waals surface area contributed by atoms with Crippen molar-refractivity contribution in [1.29, 1.82) is 0 Å². The molecule has 0 saturated carbocycles. The fourth-order valence-corrected chi connectivity index (χ4v) is 2.10. The van der Waals surface area contributed by atoms with Gasteiger partial charge in [-0.25, -0.2) is 4.39 Å². The predicted octanol–water partition coefficient (Wildman–Crippen LogP) is 3.49. The largest absolute Gasteiger partial charge is 0.398 e. The maximum atomic E-state index is 13.2. The number of hydrogen-bond donors (Lipinski definition) is 1. The minimum atomic E-state index is -0.381. The number of thioether (sulfide) groups is 1. The molecule has 0 spiro atoms. The highest BCUT2D eigenvalue weighted by Crippen LogP contribution is 2.28. The second kappa shape index (κ2) is 5.21. The summed E-state index contributed by atoms with van der Waals surface area (Å²) in [7, 11) is 0. The van der Waals surface area contributed by atoms with E-state index in [0.29, 0.717) is 22.8 Å². The lowest BCUT2D eigenvalue weighted by Gasteiger charge is -2.15. The summed E-state index contributed by atoms with van der Waals surface area (Å²) in [4.78, 5) is 4.24. The summed E-state index contributed by atoms with van der Waals surface area (Å²) in [5.41, 5.74) is 6.62. The van der Waals surface area contributed by atoms with Crippen molar-refractivity contribution < 1.29 is 8.91 Å². The molecule has 0 unspecified atom stereocenters. The van der Waals surface area contributed by atoms with Gasteiger partial charge >= 0.3 is 0 Å². The quantitative estimate of drug-likeness (QED) is 0.872. The third kappa shape index (κ3) is 3.70. The van der Waals surface area contributed by atoms with Gasteiger partial charge in [-0.1, -0.05) is 25.9 Å². The van der Waals surface area contributed by atoms with Gasteiger partial charge < -0.3 is 10.3 Å². The van der Waals surface area contributed by atoms with E-state index < -0.39 is 0 Å². The summed E-state index contributed by atoms with van der Waals surface area (Å²) in [5, 5.41) is 3.88. The molecule has 0 saturated heterocycles. The van der Waals surface area contributed by atoms with Crippen LogP contribution in [0.5, 0.6) is 0 Å². The number of rotatable bonds is 3. The van der Waals surface area contributed by atoms with Gasteiger partial charge in [-0.3, -0.25) is 0 Å². The van der Waals surface area contributed by atoms with Gasteiger partial charge in [0.2, 0.25) is 0 Å². The zero-order chi connectivity index (χ0) is 14.0. The van der Waals surface area contributed by atoms with E-state index in [9.17, 15) is 4.39 Å². The van der Waals surface area contributed by atoms with E-state index in [0.717, 1.165) is 0 Å². The number of nitrogen functional groups attached to an aromatic ring is 1. The molecule has 2 rings (SSSR count). The lowest BCUT2D eigenvalue weighted by molar-refractivity contribution is 0.425. The summed E-state index contributed by atoms with van der Waals surface area (Å²) in [6, 6.07) is 4.08. The van der Waals surface area contributed by atoms with Crippen LogP contribution in [-0.2, 0) is 5.75 Å². The molecule has 0 amide bonds. The second-order valence-corrected chi connectivity index (χ2v) is 6.95. The zero-order valence-corrected chi connectivity index (χ0v) is 11.9. The van der Waals surface area contributed by atoms with Crippen molar-refractivity contribution in [3.63, 3.8) is 0 Å². The van der Waals surface area contributed by atoms with Crippen molar-refractivity contribution in [2.45, 2.75) is 31.3 Å². The van der Waals surface area contributed by atoms with E-state index in [1.54, 1.807) is 11.8 Å². The van der Waals surface area contributed by atoms with Crippen molar-refractivity contribution in [1.82, 2.24) is 10.1 Å².